The molecule has 1 N–H and O–H groups in total. The van der Waals surface area contributed by atoms with Crippen molar-refractivity contribution < 1.29 is 14.1 Å². The third-order valence-corrected chi connectivity index (χ3v) is 4.42. The lowest BCUT2D eigenvalue weighted by Gasteiger charge is -2.11. The molecule has 1 aromatic heterocycles. The molecule has 0 atom stereocenters. The normalized spacial score (nSPS) is 10.5. The predicted octanol–water partition coefficient (Wildman–Crippen LogP) is 4.85. The fourth-order valence-corrected chi connectivity index (χ4v) is 2.92. The molecule has 5 heteroatoms. The number of nitrogens with one attached hydrogen (secondary N) is 1. The van der Waals surface area contributed by atoms with Crippen LogP contribution in [0, 0.1) is 0 Å². The van der Waals surface area contributed by atoms with Crippen molar-refractivity contribution in [2.24, 2.45) is 0 Å². The van der Waals surface area contributed by atoms with Crippen LogP contribution in [0.2, 0.25) is 0 Å². The van der Waals surface area contributed by atoms with Gasteiger partial charge >= 0.3 is 0 Å². The van der Waals surface area contributed by atoms with Crippen LogP contribution in [0.4, 0.5) is 0 Å². The zero-order valence-corrected chi connectivity index (χ0v) is 15.7. The summed E-state index contributed by atoms with van der Waals surface area (Å²) in [5.74, 6) is 0.995. The first-order chi connectivity index (χ1) is 14.3. The molecule has 0 aliphatic carbocycles. The van der Waals surface area contributed by atoms with Crippen LogP contribution in [0.25, 0.3) is 11.3 Å². The van der Waals surface area contributed by atoms with Gasteiger partial charge in [-0.1, -0.05) is 78.0 Å². The molecule has 0 radical (unpaired) electrons. The van der Waals surface area contributed by atoms with Crippen LogP contribution >= 0.6 is 0 Å². The van der Waals surface area contributed by atoms with E-state index in [0.29, 0.717) is 29.3 Å². The zero-order chi connectivity index (χ0) is 19.9. The molecule has 0 aliphatic heterocycles. The number of hydrogen-bond donors (Lipinski definition) is 1. The number of rotatable bonds is 7. The van der Waals surface area contributed by atoms with Gasteiger partial charge in [-0.2, -0.15) is 0 Å². The third-order valence-electron chi connectivity index (χ3n) is 4.42. The number of amides is 1. The van der Waals surface area contributed by atoms with Crippen molar-refractivity contribution in [1.82, 2.24) is 10.5 Å². The first-order valence-electron chi connectivity index (χ1n) is 9.34. The van der Waals surface area contributed by atoms with Crippen LogP contribution in [-0.2, 0) is 13.2 Å². The average Bonchev–Trinajstić information content (AvgIpc) is 3.27. The molecule has 1 amide bonds. The van der Waals surface area contributed by atoms with Gasteiger partial charge in [-0.15, -0.1) is 0 Å². The van der Waals surface area contributed by atoms with Gasteiger partial charge in [0.05, 0.1) is 5.56 Å². The van der Waals surface area contributed by atoms with Gasteiger partial charge in [0.25, 0.3) is 5.91 Å². The van der Waals surface area contributed by atoms with Gasteiger partial charge in [0.2, 0.25) is 0 Å². The van der Waals surface area contributed by atoms with Crippen LogP contribution < -0.4 is 10.1 Å². The number of carbonyl (C=O) groups excluding carboxylic acids is 1. The molecule has 29 heavy (non-hydrogen) atoms. The van der Waals surface area contributed by atoms with Gasteiger partial charge in [0, 0.05) is 18.2 Å². The smallest absolute Gasteiger partial charge is 0.255 e. The number of carbonyl (C=O) groups is 1. The van der Waals surface area contributed by atoms with E-state index in [1.54, 1.807) is 12.1 Å². The number of para-hydroxylation sites is 1. The van der Waals surface area contributed by atoms with Crippen molar-refractivity contribution in [1.29, 1.82) is 0 Å². The lowest BCUT2D eigenvalue weighted by molar-refractivity contribution is 0.0946. The summed E-state index contributed by atoms with van der Waals surface area (Å²) in [6.07, 6.45) is 0. The maximum atomic E-state index is 12.6. The molecule has 4 aromatic rings. The molecule has 0 aliphatic rings. The summed E-state index contributed by atoms with van der Waals surface area (Å²) in [6, 6.07) is 28.5. The van der Waals surface area contributed by atoms with Crippen LogP contribution in [0.15, 0.2) is 95.5 Å². The Bertz CT molecular complexity index is 1080. The summed E-state index contributed by atoms with van der Waals surface area (Å²) < 4.78 is 11.3. The Hall–Kier alpha value is -3.86. The first kappa shape index (κ1) is 18.5. The Morgan fingerprint density at radius 3 is 2.38 bits per heavy atom. The second kappa shape index (κ2) is 8.89. The number of aromatic nitrogens is 1. The molecule has 0 bridgehead atoms. The zero-order valence-electron chi connectivity index (χ0n) is 15.7. The van der Waals surface area contributed by atoms with E-state index in [-0.39, 0.29) is 12.5 Å². The highest BCUT2D eigenvalue weighted by atomic mass is 16.5. The molecular weight excluding hydrogens is 364 g/mol. The van der Waals surface area contributed by atoms with E-state index in [9.17, 15) is 4.79 Å². The van der Waals surface area contributed by atoms with Gasteiger partial charge in [0.1, 0.15) is 18.1 Å². The molecule has 4 rings (SSSR count). The monoisotopic (exact) mass is 384 g/mol. The molecule has 0 saturated heterocycles. The van der Waals surface area contributed by atoms with Crippen LogP contribution in [0.1, 0.15) is 21.6 Å². The second-order valence-corrected chi connectivity index (χ2v) is 6.50. The Morgan fingerprint density at radius 2 is 1.59 bits per heavy atom. The van der Waals surface area contributed by atoms with E-state index in [1.165, 1.54) is 0 Å². The van der Waals surface area contributed by atoms with Gasteiger partial charge < -0.3 is 14.6 Å². The average molecular weight is 384 g/mol. The van der Waals surface area contributed by atoms with E-state index >= 15 is 0 Å². The summed E-state index contributed by atoms with van der Waals surface area (Å²) in [4.78, 5) is 12.6. The van der Waals surface area contributed by atoms with Gasteiger partial charge in [0.15, 0.2) is 5.76 Å². The van der Waals surface area contributed by atoms with Crippen LogP contribution in [0.3, 0.4) is 0 Å². The summed E-state index contributed by atoms with van der Waals surface area (Å²) >= 11 is 0. The van der Waals surface area contributed by atoms with E-state index in [0.717, 1.165) is 11.1 Å². The minimum Gasteiger partial charge on any atom is -0.486 e. The highest BCUT2D eigenvalue weighted by Crippen LogP contribution is 2.22. The molecule has 0 spiro atoms. The molecule has 0 saturated carbocycles. The predicted molar refractivity (Wildman–Crippen MR) is 110 cm³/mol. The fraction of sp³-hybridized carbons (Fsp3) is 0.0833. The largest absolute Gasteiger partial charge is 0.486 e. The lowest BCUT2D eigenvalue weighted by atomic mass is 10.1. The van der Waals surface area contributed by atoms with Gasteiger partial charge in [-0.3, -0.25) is 4.79 Å². The molecule has 3 aromatic carbocycles. The first-order valence-corrected chi connectivity index (χ1v) is 9.34. The standard InChI is InChI=1S/C24H20N2O3/c27-24(25-16-18-9-3-1-4-10-18)21-13-7-8-14-22(21)28-17-20-15-23(29-26-20)19-11-5-2-6-12-19/h1-15H,16-17H2,(H,25,27). The summed E-state index contributed by atoms with van der Waals surface area (Å²) in [6.45, 7) is 0.664. The Kier molecular flexibility index (Phi) is 5.67. The minimum absolute atomic E-state index is 0.186. The second-order valence-electron chi connectivity index (χ2n) is 6.50. The van der Waals surface area contributed by atoms with Crippen molar-refractivity contribution in [2.45, 2.75) is 13.2 Å². The molecule has 0 unspecified atom stereocenters. The highest BCUT2D eigenvalue weighted by molar-refractivity contribution is 5.96. The van der Waals surface area contributed by atoms with Crippen molar-refractivity contribution in [3.05, 3.63) is 108 Å². The maximum absolute atomic E-state index is 12.6. The van der Waals surface area contributed by atoms with Gasteiger partial charge in [-0.05, 0) is 17.7 Å². The van der Waals surface area contributed by atoms with E-state index in [4.69, 9.17) is 9.26 Å². The summed E-state index contributed by atoms with van der Waals surface area (Å²) in [5, 5.41) is 6.98. The van der Waals surface area contributed by atoms with Crippen molar-refractivity contribution in [3.63, 3.8) is 0 Å². The lowest BCUT2D eigenvalue weighted by Crippen LogP contribution is -2.23. The number of hydrogen-bond acceptors (Lipinski definition) is 4. The summed E-state index contributed by atoms with van der Waals surface area (Å²) in [5.41, 5.74) is 3.13. The highest BCUT2D eigenvalue weighted by Gasteiger charge is 2.13. The molecule has 5 nitrogen and oxygen atoms in total. The molecule has 1 heterocycles. The SMILES string of the molecule is O=C(NCc1ccccc1)c1ccccc1OCc1cc(-c2ccccc2)on1. The maximum Gasteiger partial charge on any atom is 0.255 e. The molecule has 0 fully saturated rings. The van der Waals surface area contributed by atoms with Crippen molar-refractivity contribution >= 4 is 5.91 Å². The Morgan fingerprint density at radius 1 is 0.897 bits per heavy atom. The number of benzene rings is 3. The quantitative estimate of drug-likeness (QED) is 0.495. The van der Waals surface area contributed by atoms with Crippen molar-refractivity contribution in [2.75, 3.05) is 0 Å². The van der Waals surface area contributed by atoms with Crippen LogP contribution in [0.5, 0.6) is 5.75 Å². The number of ether oxygens (including phenoxy) is 1. The topological polar surface area (TPSA) is 64.4 Å². The van der Waals surface area contributed by atoms with Crippen molar-refractivity contribution in [3.8, 4) is 17.1 Å². The number of nitrogens with zero attached hydrogens (tertiary/aromatic N) is 1. The minimum atomic E-state index is -0.186. The molecular formula is C24H20N2O3. The van der Waals surface area contributed by atoms with E-state index in [1.807, 2.05) is 78.9 Å². The van der Waals surface area contributed by atoms with E-state index in [2.05, 4.69) is 10.5 Å². The molecule has 144 valence electrons. The third kappa shape index (κ3) is 4.71. The van der Waals surface area contributed by atoms with E-state index < -0.39 is 0 Å². The van der Waals surface area contributed by atoms with Crippen LogP contribution in [-0.4, -0.2) is 11.1 Å². The summed E-state index contributed by atoms with van der Waals surface area (Å²) in [7, 11) is 0. The fourth-order valence-electron chi connectivity index (χ4n) is 2.92. The Balaban J connectivity index is 1.41. The van der Waals surface area contributed by atoms with Gasteiger partial charge in [-0.25, -0.2) is 0 Å². The Labute approximate surface area is 168 Å².